The predicted octanol–water partition coefficient (Wildman–Crippen LogP) is 1.36. The minimum Gasteiger partial charge on any atom is -0.469 e. The first-order valence-corrected chi connectivity index (χ1v) is 4.36. The van der Waals surface area contributed by atoms with Crippen LogP contribution in [0.3, 0.4) is 0 Å². The third kappa shape index (κ3) is 2.48. The second-order valence-electron chi connectivity index (χ2n) is 3.32. The standard InChI is InChI=1S/C9H16O3/c1-11-8-4-3-7(5-8)6-9(10)12-2/h7-8H,3-6H2,1-2H3/t7-,8-/m0/s1. The number of carbonyl (C=O) groups is 1. The van der Waals surface area contributed by atoms with Gasteiger partial charge in [-0.2, -0.15) is 0 Å². The van der Waals surface area contributed by atoms with Gasteiger partial charge in [-0.25, -0.2) is 0 Å². The van der Waals surface area contributed by atoms with E-state index >= 15 is 0 Å². The Balaban J connectivity index is 2.23. The van der Waals surface area contributed by atoms with Crippen molar-refractivity contribution in [2.75, 3.05) is 14.2 Å². The van der Waals surface area contributed by atoms with Crippen molar-refractivity contribution in [3.05, 3.63) is 0 Å². The summed E-state index contributed by atoms with van der Waals surface area (Å²) in [6, 6.07) is 0. The van der Waals surface area contributed by atoms with Gasteiger partial charge in [-0.15, -0.1) is 0 Å². The Hall–Kier alpha value is -0.570. The number of esters is 1. The van der Waals surface area contributed by atoms with Gasteiger partial charge < -0.3 is 9.47 Å². The van der Waals surface area contributed by atoms with Crippen LogP contribution in [-0.2, 0) is 14.3 Å². The molecule has 70 valence electrons. The highest BCUT2D eigenvalue weighted by Gasteiger charge is 2.26. The zero-order chi connectivity index (χ0) is 8.97. The monoisotopic (exact) mass is 172 g/mol. The fourth-order valence-corrected chi connectivity index (χ4v) is 1.75. The molecule has 1 rings (SSSR count). The van der Waals surface area contributed by atoms with Crippen LogP contribution in [0.5, 0.6) is 0 Å². The van der Waals surface area contributed by atoms with E-state index in [1.54, 1.807) is 7.11 Å². The van der Waals surface area contributed by atoms with Gasteiger partial charge in [-0.05, 0) is 25.2 Å². The van der Waals surface area contributed by atoms with Gasteiger partial charge in [0.2, 0.25) is 0 Å². The van der Waals surface area contributed by atoms with E-state index in [1.807, 2.05) is 0 Å². The first-order chi connectivity index (χ1) is 5.76. The summed E-state index contributed by atoms with van der Waals surface area (Å²) in [5, 5.41) is 0. The SMILES string of the molecule is COC(=O)C[C@H]1CC[C@H](OC)C1. The molecule has 0 bridgehead atoms. The number of rotatable bonds is 3. The molecule has 12 heavy (non-hydrogen) atoms. The van der Waals surface area contributed by atoms with Crippen molar-refractivity contribution in [1.82, 2.24) is 0 Å². The Morgan fingerprint density at radius 2 is 2.17 bits per heavy atom. The topological polar surface area (TPSA) is 35.5 Å². The summed E-state index contributed by atoms with van der Waals surface area (Å²) in [4.78, 5) is 10.9. The van der Waals surface area contributed by atoms with Crippen LogP contribution in [0.15, 0.2) is 0 Å². The Labute approximate surface area is 73.0 Å². The van der Waals surface area contributed by atoms with Gasteiger partial charge in [0.1, 0.15) is 0 Å². The highest BCUT2D eigenvalue weighted by molar-refractivity contribution is 5.69. The lowest BCUT2D eigenvalue weighted by Crippen LogP contribution is -2.09. The largest absolute Gasteiger partial charge is 0.469 e. The quantitative estimate of drug-likeness (QED) is 0.603. The van der Waals surface area contributed by atoms with E-state index in [9.17, 15) is 4.79 Å². The Morgan fingerprint density at radius 3 is 2.67 bits per heavy atom. The van der Waals surface area contributed by atoms with E-state index < -0.39 is 0 Å². The lowest BCUT2D eigenvalue weighted by atomic mass is 10.0. The van der Waals surface area contributed by atoms with Crippen LogP contribution in [0.25, 0.3) is 0 Å². The van der Waals surface area contributed by atoms with E-state index in [4.69, 9.17) is 4.74 Å². The highest BCUT2D eigenvalue weighted by atomic mass is 16.5. The molecule has 1 aliphatic carbocycles. The van der Waals surface area contributed by atoms with Crippen molar-refractivity contribution < 1.29 is 14.3 Å². The van der Waals surface area contributed by atoms with Gasteiger partial charge in [0.25, 0.3) is 0 Å². The van der Waals surface area contributed by atoms with E-state index in [0.29, 0.717) is 18.4 Å². The molecule has 0 radical (unpaired) electrons. The van der Waals surface area contributed by atoms with Crippen molar-refractivity contribution in [2.45, 2.75) is 31.8 Å². The molecule has 0 N–H and O–H groups in total. The minimum atomic E-state index is -0.100. The molecule has 0 unspecified atom stereocenters. The van der Waals surface area contributed by atoms with Crippen LogP contribution in [0.1, 0.15) is 25.7 Å². The highest BCUT2D eigenvalue weighted by Crippen LogP contribution is 2.29. The van der Waals surface area contributed by atoms with E-state index in [0.717, 1.165) is 19.3 Å². The summed E-state index contributed by atoms with van der Waals surface area (Å²) < 4.78 is 9.81. The number of carbonyl (C=O) groups excluding carboxylic acids is 1. The first kappa shape index (κ1) is 9.52. The first-order valence-electron chi connectivity index (χ1n) is 4.36. The van der Waals surface area contributed by atoms with Crippen LogP contribution in [0.2, 0.25) is 0 Å². The predicted molar refractivity (Wildman–Crippen MR) is 44.8 cm³/mol. The van der Waals surface area contributed by atoms with E-state index in [1.165, 1.54) is 7.11 Å². The molecule has 0 aliphatic heterocycles. The minimum absolute atomic E-state index is 0.100. The van der Waals surface area contributed by atoms with Crippen molar-refractivity contribution in [1.29, 1.82) is 0 Å². The average molecular weight is 172 g/mol. The summed E-state index contributed by atoms with van der Waals surface area (Å²) in [6.45, 7) is 0. The van der Waals surface area contributed by atoms with Crippen LogP contribution < -0.4 is 0 Å². The molecule has 1 fully saturated rings. The summed E-state index contributed by atoms with van der Waals surface area (Å²) in [5.41, 5.74) is 0. The van der Waals surface area contributed by atoms with Crippen molar-refractivity contribution in [2.24, 2.45) is 5.92 Å². The summed E-state index contributed by atoms with van der Waals surface area (Å²) in [7, 11) is 3.16. The second-order valence-corrected chi connectivity index (χ2v) is 3.32. The van der Waals surface area contributed by atoms with Gasteiger partial charge in [0.15, 0.2) is 0 Å². The summed E-state index contributed by atoms with van der Waals surface area (Å²) in [5.74, 6) is 0.374. The third-order valence-electron chi connectivity index (χ3n) is 2.51. The number of hydrogen-bond acceptors (Lipinski definition) is 3. The van der Waals surface area contributed by atoms with E-state index in [2.05, 4.69) is 4.74 Å². The maximum absolute atomic E-state index is 10.9. The van der Waals surface area contributed by atoms with Crippen LogP contribution in [0.4, 0.5) is 0 Å². The fourth-order valence-electron chi connectivity index (χ4n) is 1.75. The molecule has 3 heteroatoms. The van der Waals surface area contributed by atoms with Crippen molar-refractivity contribution >= 4 is 5.97 Å². The van der Waals surface area contributed by atoms with Gasteiger partial charge in [-0.1, -0.05) is 0 Å². The van der Waals surface area contributed by atoms with Crippen LogP contribution in [0, 0.1) is 5.92 Å². The lowest BCUT2D eigenvalue weighted by Gasteiger charge is -2.08. The van der Waals surface area contributed by atoms with Crippen LogP contribution in [-0.4, -0.2) is 26.3 Å². The summed E-state index contributed by atoms with van der Waals surface area (Å²) in [6.07, 6.45) is 4.09. The Morgan fingerprint density at radius 1 is 1.42 bits per heavy atom. The Bertz CT molecular complexity index is 156. The van der Waals surface area contributed by atoms with Gasteiger partial charge in [0, 0.05) is 13.5 Å². The molecule has 0 heterocycles. The van der Waals surface area contributed by atoms with Gasteiger partial charge in [0.05, 0.1) is 13.2 Å². The van der Waals surface area contributed by atoms with E-state index in [-0.39, 0.29) is 5.97 Å². The zero-order valence-electron chi connectivity index (χ0n) is 7.71. The maximum Gasteiger partial charge on any atom is 0.305 e. The maximum atomic E-state index is 10.9. The smallest absolute Gasteiger partial charge is 0.305 e. The van der Waals surface area contributed by atoms with Gasteiger partial charge >= 0.3 is 5.97 Å². The molecule has 1 aliphatic rings. The fraction of sp³-hybridized carbons (Fsp3) is 0.889. The summed E-state index contributed by atoms with van der Waals surface area (Å²) >= 11 is 0. The normalized spacial score (nSPS) is 28.8. The molecule has 0 aromatic carbocycles. The molecule has 1 saturated carbocycles. The Kier molecular flexibility index (Phi) is 3.53. The average Bonchev–Trinajstić information content (AvgIpc) is 2.52. The molecule has 0 saturated heterocycles. The second kappa shape index (κ2) is 4.45. The molecular formula is C9H16O3. The van der Waals surface area contributed by atoms with Crippen molar-refractivity contribution in [3.63, 3.8) is 0 Å². The molecule has 0 aromatic heterocycles. The lowest BCUT2D eigenvalue weighted by molar-refractivity contribution is -0.141. The van der Waals surface area contributed by atoms with Crippen LogP contribution >= 0.6 is 0 Å². The number of methoxy groups -OCH3 is 2. The molecule has 0 aromatic rings. The zero-order valence-corrected chi connectivity index (χ0v) is 7.71. The number of ether oxygens (including phenoxy) is 2. The van der Waals surface area contributed by atoms with Crippen molar-refractivity contribution in [3.8, 4) is 0 Å². The molecule has 3 nitrogen and oxygen atoms in total. The molecule has 2 atom stereocenters. The molecule has 0 amide bonds. The molecule has 0 spiro atoms. The number of hydrogen-bond donors (Lipinski definition) is 0. The van der Waals surface area contributed by atoms with Gasteiger partial charge in [-0.3, -0.25) is 4.79 Å². The third-order valence-corrected chi connectivity index (χ3v) is 2.51. The molecular weight excluding hydrogens is 156 g/mol.